The molecule has 0 aliphatic carbocycles. The van der Waals surface area contributed by atoms with Gasteiger partial charge in [-0.3, -0.25) is 4.90 Å². The minimum Gasteiger partial charge on any atom is -0.315 e. The van der Waals surface area contributed by atoms with Gasteiger partial charge >= 0.3 is 0 Å². The quantitative estimate of drug-likeness (QED) is 0.758. The summed E-state index contributed by atoms with van der Waals surface area (Å²) in [7, 11) is 0. The number of rotatable bonds is 4. The van der Waals surface area contributed by atoms with Crippen LogP contribution in [0.1, 0.15) is 19.8 Å². The molecule has 2 atom stereocenters. The Morgan fingerprint density at radius 1 is 0.864 bits per heavy atom. The van der Waals surface area contributed by atoms with Gasteiger partial charge in [-0.15, -0.1) is 0 Å². The van der Waals surface area contributed by atoms with Crippen LogP contribution in [0.4, 0.5) is 0 Å². The second kappa shape index (κ2) is 8.60. The predicted molar refractivity (Wildman–Crippen MR) is 92.4 cm³/mol. The highest BCUT2D eigenvalue weighted by molar-refractivity contribution is 4.89. The van der Waals surface area contributed by atoms with Crippen LogP contribution in [0.2, 0.25) is 0 Å². The van der Waals surface area contributed by atoms with Crippen LogP contribution in [-0.4, -0.2) is 99.3 Å². The molecule has 3 saturated heterocycles. The molecule has 3 fully saturated rings. The highest BCUT2D eigenvalue weighted by atomic mass is 15.3. The number of hydrogen-bond donors (Lipinski definition) is 2. The first kappa shape index (κ1) is 16.7. The van der Waals surface area contributed by atoms with Crippen LogP contribution in [0, 0.1) is 5.92 Å². The molecule has 2 unspecified atom stereocenters. The molecule has 0 radical (unpaired) electrons. The van der Waals surface area contributed by atoms with Gasteiger partial charge in [-0.1, -0.05) is 6.92 Å². The van der Waals surface area contributed by atoms with E-state index in [1.807, 2.05) is 0 Å². The Hall–Kier alpha value is -0.200. The van der Waals surface area contributed by atoms with E-state index in [1.165, 1.54) is 91.4 Å². The molecular formula is C17H35N5. The lowest BCUT2D eigenvalue weighted by molar-refractivity contribution is 0.0669. The van der Waals surface area contributed by atoms with Crippen molar-refractivity contribution in [1.29, 1.82) is 0 Å². The van der Waals surface area contributed by atoms with Crippen LogP contribution < -0.4 is 10.6 Å². The van der Waals surface area contributed by atoms with Gasteiger partial charge in [0.1, 0.15) is 0 Å². The summed E-state index contributed by atoms with van der Waals surface area (Å²) in [5.41, 5.74) is 0. The highest BCUT2D eigenvalue weighted by Crippen LogP contribution is 2.21. The van der Waals surface area contributed by atoms with Crippen molar-refractivity contribution in [2.45, 2.75) is 25.8 Å². The Labute approximate surface area is 136 Å². The van der Waals surface area contributed by atoms with Crippen LogP contribution in [0.25, 0.3) is 0 Å². The summed E-state index contributed by atoms with van der Waals surface area (Å²) in [5, 5.41) is 7.19. The van der Waals surface area contributed by atoms with E-state index in [4.69, 9.17) is 0 Å². The number of nitrogens with zero attached hydrogens (tertiary/aromatic N) is 3. The fraction of sp³-hybridized carbons (Fsp3) is 1.00. The molecule has 128 valence electrons. The van der Waals surface area contributed by atoms with Gasteiger partial charge in [0.05, 0.1) is 0 Å². The third-order valence-electron chi connectivity index (χ3n) is 5.84. The van der Waals surface area contributed by atoms with E-state index in [0.29, 0.717) is 0 Å². The fourth-order valence-electron chi connectivity index (χ4n) is 4.35. The number of piperazine rings is 1. The lowest BCUT2D eigenvalue weighted by Crippen LogP contribution is -2.56. The maximum absolute atomic E-state index is 3.65. The zero-order valence-electron chi connectivity index (χ0n) is 14.4. The normalized spacial score (nSPS) is 33.7. The molecule has 5 heteroatoms. The van der Waals surface area contributed by atoms with Crippen LogP contribution >= 0.6 is 0 Å². The SMILES string of the molecule is CCN1CCN(CC2CCNCC2N2CCCNCC2)CC1. The van der Waals surface area contributed by atoms with Gasteiger partial charge in [-0.25, -0.2) is 0 Å². The summed E-state index contributed by atoms with van der Waals surface area (Å²) in [6.45, 7) is 17.1. The van der Waals surface area contributed by atoms with E-state index >= 15 is 0 Å². The van der Waals surface area contributed by atoms with Crippen molar-refractivity contribution in [3.8, 4) is 0 Å². The Morgan fingerprint density at radius 2 is 1.68 bits per heavy atom. The van der Waals surface area contributed by atoms with Crippen molar-refractivity contribution in [3.05, 3.63) is 0 Å². The van der Waals surface area contributed by atoms with E-state index in [-0.39, 0.29) is 0 Å². The Morgan fingerprint density at radius 3 is 2.50 bits per heavy atom. The van der Waals surface area contributed by atoms with Crippen LogP contribution in [0.3, 0.4) is 0 Å². The first-order valence-electron chi connectivity index (χ1n) is 9.47. The average molecular weight is 310 g/mol. The zero-order chi connectivity index (χ0) is 15.2. The van der Waals surface area contributed by atoms with E-state index in [0.717, 1.165) is 12.0 Å². The summed E-state index contributed by atoms with van der Waals surface area (Å²) in [4.78, 5) is 8.07. The number of nitrogens with one attached hydrogen (secondary N) is 2. The van der Waals surface area contributed by atoms with Crippen LogP contribution in [0.15, 0.2) is 0 Å². The molecule has 22 heavy (non-hydrogen) atoms. The first-order chi connectivity index (χ1) is 10.9. The number of hydrogen-bond acceptors (Lipinski definition) is 5. The number of likely N-dealkylation sites (N-methyl/N-ethyl adjacent to an activating group) is 1. The summed E-state index contributed by atoms with van der Waals surface area (Å²) in [6, 6.07) is 0.748. The molecule has 0 aromatic carbocycles. The summed E-state index contributed by atoms with van der Waals surface area (Å²) >= 11 is 0. The lowest BCUT2D eigenvalue weighted by Gasteiger charge is -2.43. The standard InChI is InChI=1S/C17H35N5/c1-2-20-10-12-21(13-11-20)15-16-4-6-19-14-17(16)22-8-3-5-18-7-9-22/h16-19H,2-15H2,1H3. The van der Waals surface area contributed by atoms with Gasteiger partial charge in [0.25, 0.3) is 0 Å². The molecule has 3 rings (SSSR count). The van der Waals surface area contributed by atoms with Crippen LogP contribution in [0.5, 0.6) is 0 Å². The monoisotopic (exact) mass is 309 g/mol. The van der Waals surface area contributed by atoms with E-state index in [9.17, 15) is 0 Å². The van der Waals surface area contributed by atoms with Crippen molar-refractivity contribution in [3.63, 3.8) is 0 Å². The predicted octanol–water partition coefficient (Wildman–Crippen LogP) is -0.103. The molecule has 0 spiro atoms. The third-order valence-corrected chi connectivity index (χ3v) is 5.84. The fourth-order valence-corrected chi connectivity index (χ4v) is 4.35. The van der Waals surface area contributed by atoms with Crippen molar-refractivity contribution in [1.82, 2.24) is 25.3 Å². The van der Waals surface area contributed by atoms with Gasteiger partial charge in [-0.2, -0.15) is 0 Å². The molecule has 3 aliphatic heterocycles. The maximum atomic E-state index is 3.65. The van der Waals surface area contributed by atoms with Crippen molar-refractivity contribution in [2.24, 2.45) is 5.92 Å². The maximum Gasteiger partial charge on any atom is 0.0262 e. The Balaban J connectivity index is 1.53. The Bertz CT molecular complexity index is 308. The topological polar surface area (TPSA) is 33.8 Å². The van der Waals surface area contributed by atoms with Crippen molar-refractivity contribution in [2.75, 3.05) is 78.5 Å². The third kappa shape index (κ3) is 4.42. The summed E-state index contributed by atoms with van der Waals surface area (Å²) in [6.07, 6.45) is 2.65. The Kier molecular flexibility index (Phi) is 6.51. The van der Waals surface area contributed by atoms with Gasteiger partial charge in [-0.05, 0) is 44.9 Å². The minimum atomic E-state index is 0.748. The van der Waals surface area contributed by atoms with Crippen LogP contribution in [-0.2, 0) is 0 Å². The summed E-state index contributed by atoms with van der Waals surface area (Å²) in [5.74, 6) is 0.854. The molecule has 5 nitrogen and oxygen atoms in total. The van der Waals surface area contributed by atoms with Gasteiger partial charge < -0.3 is 20.4 Å². The smallest absolute Gasteiger partial charge is 0.0262 e. The van der Waals surface area contributed by atoms with Gasteiger partial charge in [0.2, 0.25) is 0 Å². The second-order valence-electron chi connectivity index (χ2n) is 7.19. The molecule has 3 aliphatic rings. The van der Waals surface area contributed by atoms with Gasteiger partial charge in [0, 0.05) is 58.4 Å². The van der Waals surface area contributed by atoms with Crippen molar-refractivity contribution >= 4 is 0 Å². The summed E-state index contributed by atoms with van der Waals surface area (Å²) < 4.78 is 0. The average Bonchev–Trinajstić information content (AvgIpc) is 2.85. The lowest BCUT2D eigenvalue weighted by atomic mass is 9.90. The molecule has 0 bridgehead atoms. The zero-order valence-corrected chi connectivity index (χ0v) is 14.4. The first-order valence-corrected chi connectivity index (χ1v) is 9.47. The molecule has 0 aromatic heterocycles. The van der Waals surface area contributed by atoms with Crippen molar-refractivity contribution < 1.29 is 0 Å². The molecule has 2 N–H and O–H groups in total. The van der Waals surface area contributed by atoms with E-state index < -0.39 is 0 Å². The van der Waals surface area contributed by atoms with E-state index in [1.54, 1.807) is 0 Å². The van der Waals surface area contributed by atoms with E-state index in [2.05, 4.69) is 32.3 Å². The largest absolute Gasteiger partial charge is 0.315 e. The molecule has 0 aromatic rings. The highest BCUT2D eigenvalue weighted by Gasteiger charge is 2.32. The second-order valence-corrected chi connectivity index (χ2v) is 7.19. The van der Waals surface area contributed by atoms with Gasteiger partial charge in [0.15, 0.2) is 0 Å². The molecule has 0 amide bonds. The molecular weight excluding hydrogens is 274 g/mol. The minimum absolute atomic E-state index is 0.748. The molecule has 3 heterocycles. The number of piperidine rings is 1. The molecule has 0 saturated carbocycles.